The van der Waals surface area contributed by atoms with Gasteiger partial charge in [-0.25, -0.2) is 0 Å². The van der Waals surface area contributed by atoms with Crippen molar-refractivity contribution in [3.8, 4) is 5.75 Å². The van der Waals surface area contributed by atoms with Crippen LogP contribution in [0.25, 0.3) is 0 Å². The monoisotopic (exact) mass is 219 g/mol. The van der Waals surface area contributed by atoms with Crippen LogP contribution in [0, 0.1) is 0 Å². The maximum Gasteiger partial charge on any atom is 0.145 e. The molecule has 0 unspecified atom stereocenters. The molecule has 1 rings (SSSR count). The first kappa shape index (κ1) is 12.3. The molecule has 0 heterocycles. The van der Waals surface area contributed by atoms with Gasteiger partial charge in [0.15, 0.2) is 0 Å². The van der Waals surface area contributed by atoms with Gasteiger partial charge in [-0.1, -0.05) is 0 Å². The zero-order valence-corrected chi connectivity index (χ0v) is 9.93. The summed E-state index contributed by atoms with van der Waals surface area (Å²) in [6, 6.07) is 7.82. The molecule has 0 atom stereocenters. The Morgan fingerprint density at radius 3 is 2.44 bits per heavy atom. The summed E-state index contributed by atoms with van der Waals surface area (Å²) >= 11 is 0. The molecule has 0 saturated carbocycles. The number of carbonyl (C=O) groups excluding carboxylic acids is 1. The maximum atomic E-state index is 10.3. The molecule has 0 N–H and O–H groups in total. The highest BCUT2D eigenvalue weighted by Gasteiger charge is 1.96. The van der Waals surface area contributed by atoms with Crippen molar-refractivity contribution in [3.05, 3.63) is 35.9 Å². The predicted octanol–water partition coefficient (Wildman–Crippen LogP) is 2.28. The lowest BCUT2D eigenvalue weighted by atomic mass is 10.3. The van der Waals surface area contributed by atoms with Crippen molar-refractivity contribution in [1.82, 2.24) is 0 Å². The zero-order chi connectivity index (χ0) is 12.0. The van der Waals surface area contributed by atoms with Gasteiger partial charge in [-0.15, -0.1) is 0 Å². The lowest BCUT2D eigenvalue weighted by molar-refractivity contribution is -0.104. The summed E-state index contributed by atoms with van der Waals surface area (Å²) < 4.78 is 5.46. The van der Waals surface area contributed by atoms with E-state index in [0.717, 1.165) is 17.7 Å². The van der Waals surface area contributed by atoms with Crippen LogP contribution in [0.4, 0.5) is 5.69 Å². The second-order valence-corrected chi connectivity index (χ2v) is 3.77. The SMILES string of the molecule is C/C(C=O)=C\COc1ccc(N(C)C)cc1. The van der Waals surface area contributed by atoms with Gasteiger partial charge in [0.2, 0.25) is 0 Å². The number of hydrogen-bond acceptors (Lipinski definition) is 3. The number of nitrogens with zero attached hydrogens (tertiary/aromatic N) is 1. The molecule has 0 aliphatic heterocycles. The molecule has 3 nitrogen and oxygen atoms in total. The Hall–Kier alpha value is -1.77. The first-order chi connectivity index (χ1) is 7.63. The van der Waals surface area contributed by atoms with Gasteiger partial charge in [0, 0.05) is 19.8 Å². The summed E-state index contributed by atoms with van der Waals surface area (Å²) in [7, 11) is 3.98. The third-order valence-electron chi connectivity index (χ3n) is 2.19. The Labute approximate surface area is 96.3 Å². The molecular formula is C13H17NO2. The molecule has 0 fully saturated rings. The second kappa shape index (κ2) is 5.95. The van der Waals surface area contributed by atoms with E-state index in [4.69, 9.17) is 4.74 Å². The van der Waals surface area contributed by atoms with Crippen LogP contribution in [-0.2, 0) is 4.79 Å². The summed E-state index contributed by atoms with van der Waals surface area (Å²) in [6.45, 7) is 2.18. The molecule has 16 heavy (non-hydrogen) atoms. The van der Waals surface area contributed by atoms with E-state index in [1.165, 1.54) is 0 Å². The first-order valence-corrected chi connectivity index (χ1v) is 5.15. The van der Waals surface area contributed by atoms with Crippen molar-refractivity contribution in [2.75, 3.05) is 25.6 Å². The van der Waals surface area contributed by atoms with Crippen molar-refractivity contribution in [1.29, 1.82) is 0 Å². The molecule has 0 spiro atoms. The molecule has 0 bridgehead atoms. The molecule has 0 aromatic heterocycles. The van der Waals surface area contributed by atoms with Crippen molar-refractivity contribution in [3.63, 3.8) is 0 Å². The Kier molecular flexibility index (Phi) is 4.58. The lowest BCUT2D eigenvalue weighted by Gasteiger charge is -2.12. The van der Waals surface area contributed by atoms with Crippen LogP contribution in [0.5, 0.6) is 5.75 Å². The van der Waals surface area contributed by atoms with E-state index in [2.05, 4.69) is 0 Å². The Bertz CT molecular complexity index is 366. The fraction of sp³-hybridized carbons (Fsp3) is 0.308. The molecule has 1 aromatic rings. The first-order valence-electron chi connectivity index (χ1n) is 5.15. The number of benzene rings is 1. The molecule has 0 aliphatic carbocycles. The van der Waals surface area contributed by atoms with Gasteiger partial charge in [-0.05, 0) is 42.8 Å². The van der Waals surface area contributed by atoms with Crippen LogP contribution in [0.1, 0.15) is 6.92 Å². The van der Waals surface area contributed by atoms with E-state index in [9.17, 15) is 4.79 Å². The van der Waals surface area contributed by atoms with Crippen LogP contribution in [0.2, 0.25) is 0 Å². The van der Waals surface area contributed by atoms with E-state index >= 15 is 0 Å². The number of aldehydes is 1. The van der Waals surface area contributed by atoms with Crippen molar-refractivity contribution < 1.29 is 9.53 Å². The van der Waals surface area contributed by atoms with Crippen LogP contribution in [0.15, 0.2) is 35.9 Å². The third-order valence-corrected chi connectivity index (χ3v) is 2.19. The summed E-state index contributed by atoms with van der Waals surface area (Å²) in [5.74, 6) is 0.806. The average Bonchev–Trinajstić information content (AvgIpc) is 2.29. The lowest BCUT2D eigenvalue weighted by Crippen LogP contribution is -2.08. The smallest absolute Gasteiger partial charge is 0.145 e. The number of ether oxygens (including phenoxy) is 1. The third kappa shape index (κ3) is 3.77. The summed E-state index contributed by atoms with van der Waals surface area (Å²) in [4.78, 5) is 12.4. The van der Waals surface area contributed by atoms with Gasteiger partial charge in [0.25, 0.3) is 0 Å². The van der Waals surface area contributed by atoms with Gasteiger partial charge in [0.05, 0.1) is 0 Å². The van der Waals surface area contributed by atoms with Gasteiger partial charge in [0.1, 0.15) is 18.6 Å². The molecule has 0 radical (unpaired) electrons. The van der Waals surface area contributed by atoms with E-state index in [0.29, 0.717) is 12.2 Å². The van der Waals surface area contributed by atoms with Gasteiger partial charge in [-0.3, -0.25) is 4.79 Å². The summed E-state index contributed by atoms with van der Waals surface area (Å²) in [5.41, 5.74) is 1.82. The van der Waals surface area contributed by atoms with Crippen LogP contribution < -0.4 is 9.64 Å². The molecule has 86 valence electrons. The van der Waals surface area contributed by atoms with Crippen molar-refractivity contribution in [2.24, 2.45) is 0 Å². The molecule has 0 saturated heterocycles. The minimum Gasteiger partial charge on any atom is -0.490 e. The summed E-state index contributed by atoms with van der Waals surface area (Å²) in [6.07, 6.45) is 2.57. The van der Waals surface area contributed by atoms with Crippen molar-refractivity contribution in [2.45, 2.75) is 6.92 Å². The predicted molar refractivity (Wildman–Crippen MR) is 66.1 cm³/mol. The van der Waals surface area contributed by atoms with Gasteiger partial charge < -0.3 is 9.64 Å². The number of anilines is 1. The average molecular weight is 219 g/mol. The van der Waals surface area contributed by atoms with E-state index < -0.39 is 0 Å². The highest BCUT2D eigenvalue weighted by Crippen LogP contribution is 2.17. The van der Waals surface area contributed by atoms with Crippen LogP contribution in [0.3, 0.4) is 0 Å². The molecule has 0 aliphatic rings. The van der Waals surface area contributed by atoms with Crippen LogP contribution in [-0.4, -0.2) is 27.0 Å². The van der Waals surface area contributed by atoms with Crippen LogP contribution >= 0.6 is 0 Å². The quantitative estimate of drug-likeness (QED) is 0.562. The van der Waals surface area contributed by atoms with Gasteiger partial charge in [-0.2, -0.15) is 0 Å². The Morgan fingerprint density at radius 2 is 1.94 bits per heavy atom. The molecular weight excluding hydrogens is 202 g/mol. The van der Waals surface area contributed by atoms with E-state index in [1.807, 2.05) is 43.3 Å². The zero-order valence-electron chi connectivity index (χ0n) is 9.93. The van der Waals surface area contributed by atoms with E-state index in [-0.39, 0.29) is 0 Å². The molecule has 0 amide bonds. The Morgan fingerprint density at radius 1 is 1.31 bits per heavy atom. The molecule has 1 aromatic carbocycles. The van der Waals surface area contributed by atoms with Gasteiger partial charge >= 0.3 is 0 Å². The highest BCUT2D eigenvalue weighted by atomic mass is 16.5. The molecule has 3 heteroatoms. The minimum atomic E-state index is 0.423. The number of carbonyl (C=O) groups is 1. The minimum absolute atomic E-state index is 0.423. The summed E-state index contributed by atoms with van der Waals surface area (Å²) in [5, 5.41) is 0. The van der Waals surface area contributed by atoms with E-state index in [1.54, 1.807) is 13.0 Å². The normalized spacial score (nSPS) is 11.1. The number of rotatable bonds is 5. The highest BCUT2D eigenvalue weighted by molar-refractivity contribution is 5.71. The standard InChI is InChI=1S/C13H17NO2/c1-11(10-15)8-9-16-13-6-4-12(5-7-13)14(2)3/h4-8,10H,9H2,1-3H3/b11-8+. The fourth-order valence-corrected chi connectivity index (χ4v) is 1.16. The maximum absolute atomic E-state index is 10.3. The Balaban J connectivity index is 2.53. The second-order valence-electron chi connectivity index (χ2n) is 3.77. The van der Waals surface area contributed by atoms with Crippen molar-refractivity contribution >= 4 is 12.0 Å². The number of allylic oxidation sites excluding steroid dienone is 1. The largest absolute Gasteiger partial charge is 0.490 e. The fourth-order valence-electron chi connectivity index (χ4n) is 1.16. The number of hydrogen-bond donors (Lipinski definition) is 0. The topological polar surface area (TPSA) is 29.5 Å².